The van der Waals surface area contributed by atoms with Gasteiger partial charge in [-0.25, -0.2) is 5.26 Å². The van der Waals surface area contributed by atoms with Gasteiger partial charge in [-0.1, -0.05) is 91.8 Å². The number of amides is 1. The first-order chi connectivity index (χ1) is 25.2. The van der Waals surface area contributed by atoms with Gasteiger partial charge in [0.15, 0.2) is 0 Å². The highest BCUT2D eigenvalue weighted by Gasteiger charge is 2.18. The molecule has 1 amide bonds. The minimum absolute atomic E-state index is 0.0235. The lowest BCUT2D eigenvalue weighted by atomic mass is 10.1. The van der Waals surface area contributed by atoms with Gasteiger partial charge in [0, 0.05) is 32.2 Å². The lowest BCUT2D eigenvalue weighted by molar-refractivity contribution is -0.205. The molecule has 0 saturated heterocycles. The molecule has 0 aliphatic carbocycles. The van der Waals surface area contributed by atoms with E-state index in [4.69, 9.17) is 29.1 Å². The Morgan fingerprint density at radius 1 is 0.679 bits per heavy atom. The second kappa shape index (κ2) is 43.5. The van der Waals surface area contributed by atoms with Gasteiger partial charge in [-0.15, -0.1) is 0 Å². The molecule has 0 spiro atoms. The third kappa shape index (κ3) is 43.3. The van der Waals surface area contributed by atoms with Gasteiger partial charge in [0.2, 0.25) is 5.91 Å². The molecule has 0 aliphatic rings. The van der Waals surface area contributed by atoms with E-state index in [1.54, 1.807) is 0 Å². The van der Waals surface area contributed by atoms with Crippen LogP contribution in [0.3, 0.4) is 0 Å². The molecule has 312 valence electrons. The summed E-state index contributed by atoms with van der Waals surface area (Å²) < 4.78 is 19.8. The van der Waals surface area contributed by atoms with Crippen molar-refractivity contribution in [3.05, 3.63) is 12.3 Å². The molecule has 0 aromatic carbocycles. The summed E-state index contributed by atoms with van der Waals surface area (Å²) in [6.45, 7) is 4.72. The second-order valence-corrected chi connectivity index (χ2v) is 25.1. The number of hydrogen-bond acceptors (Lipinski definition) is 14. The Morgan fingerprint density at radius 2 is 1.11 bits per heavy atom. The maximum Gasteiger partial charge on any atom is 0.326 e. The number of allylic oxidation sites excluding steroid dienone is 1. The Kier molecular flexibility index (Phi) is 48.6. The van der Waals surface area contributed by atoms with Crippen molar-refractivity contribution in [1.82, 2.24) is 15.5 Å². The van der Waals surface area contributed by atoms with E-state index in [1.165, 1.54) is 0 Å². The highest BCUT2D eigenvalue weighted by atomic mass is 32.4. The lowest BCUT2D eigenvalue weighted by Crippen LogP contribution is -2.31. The number of nitrogens with one attached hydrogen (secondary N) is 3. The molecule has 0 rings (SSSR count). The molecule has 12 unspecified atom stereocenters. The van der Waals surface area contributed by atoms with Crippen molar-refractivity contribution in [3.8, 4) is 0 Å². The van der Waals surface area contributed by atoms with Crippen LogP contribution < -0.4 is 21.2 Å². The zero-order valence-electron chi connectivity index (χ0n) is 30.0. The summed E-state index contributed by atoms with van der Waals surface area (Å²) in [5.74, 6) is -0.496. The standard InChI is InChI=1S/C13H30N2O5P6.C7H15O4P3.C6H17N2O2P3/c16-11(7-2-1-3-8-12(17)20-26(23)24)14-9-5-4-6-10(15-21)13(18)19-25-22;1-6(10-9)4-2-3-5-7(8)11-14(12)13;7-4-2-1-3-5(8-11)6(9)10-13-12/h10,15,25H,1-9,21-24H2,(H,14,16);9H,1-5,12-13H2;5,8,13H,1-4,7,11-12H2. The molecule has 0 aromatic rings. The molecule has 0 aliphatic heterocycles. The zero-order valence-corrected chi connectivity index (χ0v) is 43.0. The Balaban J connectivity index is -0.000000780. The molecule has 15 nitrogen and oxygen atoms in total. The third-order valence-electron chi connectivity index (χ3n) is 6.39. The molecule has 12 atom stereocenters. The van der Waals surface area contributed by atoms with E-state index in [9.17, 15) is 24.0 Å². The van der Waals surface area contributed by atoms with Crippen molar-refractivity contribution >= 4 is 134 Å². The molecule has 0 heterocycles. The van der Waals surface area contributed by atoms with E-state index in [2.05, 4.69) is 99.3 Å². The van der Waals surface area contributed by atoms with Crippen LogP contribution in [-0.4, -0.2) is 60.2 Å². The summed E-state index contributed by atoms with van der Waals surface area (Å²) in [6, 6.07) is -0.547. The van der Waals surface area contributed by atoms with Crippen molar-refractivity contribution in [2.24, 2.45) is 5.73 Å². The van der Waals surface area contributed by atoms with Crippen molar-refractivity contribution in [2.45, 2.75) is 108 Å². The first kappa shape index (κ1) is 59.2. The van der Waals surface area contributed by atoms with Crippen LogP contribution in [0.25, 0.3) is 0 Å². The van der Waals surface area contributed by atoms with Crippen LogP contribution in [0.2, 0.25) is 0 Å². The monoisotopic (exact) mass is 978 g/mol. The second-order valence-electron chi connectivity index (χ2n) is 10.7. The van der Waals surface area contributed by atoms with Gasteiger partial charge in [-0.2, -0.15) is 0 Å². The van der Waals surface area contributed by atoms with Gasteiger partial charge in [0.25, 0.3) is 0 Å². The number of carbonyl (C=O) groups excluding carboxylic acids is 5. The van der Waals surface area contributed by atoms with E-state index < -0.39 is 15.1 Å². The smallest absolute Gasteiger partial charge is 0.326 e. The van der Waals surface area contributed by atoms with E-state index in [1.807, 2.05) is 0 Å². The maximum atomic E-state index is 11.7. The van der Waals surface area contributed by atoms with Crippen LogP contribution in [-0.2, 0) is 47.0 Å². The lowest BCUT2D eigenvalue weighted by Gasteiger charge is -2.14. The number of nitrogens with two attached hydrogens (primary N) is 1. The van der Waals surface area contributed by atoms with Gasteiger partial charge in [-0.05, 0) is 64.3 Å². The summed E-state index contributed by atoms with van der Waals surface area (Å²) in [5.41, 5.74) is 5.35. The quantitative estimate of drug-likeness (QED) is 0.0164. The Bertz CT molecular complexity index is 999. The molecular formula is C26H62N4O11P12. The van der Waals surface area contributed by atoms with Gasteiger partial charge in [0.05, 0.1) is 17.0 Å². The van der Waals surface area contributed by atoms with Crippen molar-refractivity contribution in [3.63, 3.8) is 0 Å². The van der Waals surface area contributed by atoms with Crippen LogP contribution in [0, 0.1) is 0 Å². The fraction of sp³-hybridized carbons (Fsp3) is 0.731. The highest BCUT2D eigenvalue weighted by Crippen LogP contribution is 2.54. The molecule has 27 heteroatoms. The maximum absolute atomic E-state index is 11.7. The summed E-state index contributed by atoms with van der Waals surface area (Å²) in [6.07, 6.45) is 10.5. The van der Waals surface area contributed by atoms with Crippen LogP contribution >= 0.6 is 104 Å². The van der Waals surface area contributed by atoms with Gasteiger partial charge >= 0.3 is 23.9 Å². The van der Waals surface area contributed by atoms with E-state index in [0.717, 1.165) is 57.8 Å². The highest BCUT2D eigenvalue weighted by molar-refractivity contribution is 8.41. The van der Waals surface area contributed by atoms with Crippen molar-refractivity contribution in [1.29, 1.82) is 0 Å². The van der Waals surface area contributed by atoms with E-state index in [0.29, 0.717) is 57.4 Å². The van der Waals surface area contributed by atoms with E-state index in [-0.39, 0.29) is 58.9 Å². The van der Waals surface area contributed by atoms with Crippen LogP contribution in [0.15, 0.2) is 12.3 Å². The first-order valence-corrected chi connectivity index (χ1v) is 32.0. The molecule has 0 fully saturated rings. The average molecular weight is 978 g/mol. The van der Waals surface area contributed by atoms with Gasteiger partial charge in [-0.3, -0.25) is 34.1 Å². The largest absolute Gasteiger partial charge is 0.443 e. The summed E-state index contributed by atoms with van der Waals surface area (Å²) in [4.78, 5) is 60.9. The Morgan fingerprint density at radius 3 is 1.53 bits per heavy atom. The topological polar surface area (TPSA) is 214 Å². The predicted molar refractivity (Wildman–Crippen MR) is 251 cm³/mol. The van der Waals surface area contributed by atoms with Crippen molar-refractivity contribution in [2.75, 3.05) is 13.1 Å². The molecule has 53 heavy (non-hydrogen) atoms. The molecule has 0 saturated carbocycles. The summed E-state index contributed by atoms with van der Waals surface area (Å²) in [5, 5.41) is 16.7. The fourth-order valence-electron chi connectivity index (χ4n) is 3.77. The number of rotatable bonds is 29. The zero-order chi connectivity index (χ0) is 40.9. The minimum atomic E-state index is -0.808. The molecule has 0 radical (unpaired) electrons. The predicted octanol–water partition coefficient (Wildman–Crippen LogP) is 7.28. The van der Waals surface area contributed by atoms with Crippen LogP contribution in [0.4, 0.5) is 0 Å². The van der Waals surface area contributed by atoms with Gasteiger partial charge in [0.1, 0.15) is 32.9 Å². The Labute approximate surface area is 340 Å². The third-order valence-corrected chi connectivity index (χ3v) is 10.6. The summed E-state index contributed by atoms with van der Waals surface area (Å²) in [7, 11) is 17.8. The normalized spacial score (nSPS) is 12.0. The SMILES string of the molecule is C=C(CCCCC(=O)OP(P)P)OO.NCCCCC(NP)C(=O)OPP.O=C(CCCCCC(=O)OP(P)P)NCCCCC(NP)C(=O)OPP. The number of unbranched alkanes of at least 4 members (excludes halogenated alkanes) is 5. The Hall–Kier alpha value is 1.89. The van der Waals surface area contributed by atoms with Crippen LogP contribution in [0.5, 0.6) is 0 Å². The molecular weight excluding hydrogens is 916 g/mol. The van der Waals surface area contributed by atoms with Crippen LogP contribution in [0.1, 0.15) is 96.3 Å². The minimum Gasteiger partial charge on any atom is -0.443 e. The number of carbonyl (C=O) groups is 5. The number of hydrogen-bond donors (Lipinski definition) is 5. The summed E-state index contributed by atoms with van der Waals surface area (Å²) >= 11 is 0. The molecule has 0 bridgehead atoms. The van der Waals surface area contributed by atoms with Gasteiger partial charge < -0.3 is 34.0 Å². The fourth-order valence-corrected chi connectivity index (χ4v) is 7.66. The van der Waals surface area contributed by atoms with E-state index >= 15 is 0 Å². The molecule has 6 N–H and O–H groups in total. The molecule has 0 aromatic heterocycles. The average Bonchev–Trinajstić information content (AvgIpc) is 3.10. The van der Waals surface area contributed by atoms with Crippen molar-refractivity contribution < 1.29 is 52.2 Å². The first-order valence-electron chi connectivity index (χ1n) is 16.4.